The van der Waals surface area contributed by atoms with Gasteiger partial charge in [0.05, 0.1) is 0 Å². The number of isocyanates is 1. The molecule has 0 rings (SSSR count). The molecule has 1 unspecified atom stereocenters. The van der Waals surface area contributed by atoms with Gasteiger partial charge in [-0.1, -0.05) is 0 Å². The minimum Gasteiger partial charge on any atom is -0.359 e. The first kappa shape index (κ1) is 5.30. The summed E-state index contributed by atoms with van der Waals surface area (Å²) in [6, 6.07) is 0. The van der Waals surface area contributed by atoms with Crippen molar-refractivity contribution in [2.45, 2.75) is 6.35 Å². The molecule has 6 heavy (non-hydrogen) atoms. The lowest BCUT2D eigenvalue weighted by atomic mass is 11.1. The Hall–Kier alpha value is -0.700. The average Bonchev–Trinajstić information content (AvgIpc) is 1.35. The van der Waals surface area contributed by atoms with Crippen molar-refractivity contribution in [2.24, 2.45) is 10.7 Å². The van der Waals surface area contributed by atoms with Crippen LogP contribution in [0.3, 0.4) is 0 Å². The highest BCUT2D eigenvalue weighted by Gasteiger charge is 1.80. The number of rotatable bonds is 1. The summed E-state index contributed by atoms with van der Waals surface area (Å²) in [4.78, 5) is 11.7. The van der Waals surface area contributed by atoms with E-state index in [-0.39, 0.29) is 0 Å². The van der Waals surface area contributed by atoms with Crippen molar-refractivity contribution < 1.29 is 9.90 Å². The van der Waals surface area contributed by atoms with Gasteiger partial charge in [0.25, 0.3) is 0 Å². The monoisotopic (exact) mass is 88.0 g/mol. The normalized spacial score (nSPS) is 12.3. The highest BCUT2D eigenvalue weighted by atomic mass is 16.3. The van der Waals surface area contributed by atoms with Gasteiger partial charge in [-0.3, -0.25) is 5.73 Å². The van der Waals surface area contributed by atoms with Gasteiger partial charge in [-0.15, -0.1) is 0 Å². The Labute approximate surface area is 34.3 Å². The van der Waals surface area contributed by atoms with Crippen LogP contribution in [0, 0.1) is 0 Å². The second-order valence-electron chi connectivity index (χ2n) is 0.634. The van der Waals surface area contributed by atoms with E-state index in [1.165, 1.54) is 0 Å². The van der Waals surface area contributed by atoms with Crippen LogP contribution in [0.4, 0.5) is 0 Å². The van der Waals surface area contributed by atoms with Crippen molar-refractivity contribution in [3.05, 3.63) is 0 Å². The first-order chi connectivity index (χ1) is 2.77. The second kappa shape index (κ2) is 2.53. The third-order valence-corrected chi connectivity index (χ3v) is 0.185. The summed E-state index contributed by atoms with van der Waals surface area (Å²) in [6.07, 6.45) is -0.333. The second-order valence-corrected chi connectivity index (χ2v) is 0.634. The Morgan fingerprint density at radius 3 is 2.50 bits per heavy atom. The van der Waals surface area contributed by atoms with E-state index in [9.17, 15) is 0 Å². The number of nitrogens with two attached hydrogens (primary N) is 1. The Bertz CT molecular complexity index is 73.6. The SMILES string of the molecule is NC(O)N=C=O. The van der Waals surface area contributed by atoms with Crippen LogP contribution in [0.2, 0.25) is 0 Å². The quantitative estimate of drug-likeness (QED) is 0.234. The van der Waals surface area contributed by atoms with Crippen LogP contribution >= 0.6 is 0 Å². The Kier molecular flexibility index (Phi) is 2.24. The van der Waals surface area contributed by atoms with Crippen LogP contribution in [0.1, 0.15) is 0 Å². The summed E-state index contributed by atoms with van der Waals surface area (Å²) in [5.74, 6) is 0. The topological polar surface area (TPSA) is 75.7 Å². The van der Waals surface area contributed by atoms with Gasteiger partial charge in [-0.05, 0) is 0 Å². The van der Waals surface area contributed by atoms with Crippen molar-refractivity contribution in [3.8, 4) is 0 Å². The summed E-state index contributed by atoms with van der Waals surface area (Å²) in [5, 5.41) is 7.90. The van der Waals surface area contributed by atoms with E-state index in [1.54, 1.807) is 0 Å². The van der Waals surface area contributed by atoms with E-state index >= 15 is 0 Å². The van der Waals surface area contributed by atoms with E-state index in [0.29, 0.717) is 0 Å². The standard InChI is InChI=1S/C2H4N2O2/c3-2(6)4-1-5/h2,6H,3H2. The first-order valence-electron chi connectivity index (χ1n) is 1.28. The van der Waals surface area contributed by atoms with Crippen LogP contribution in [0.25, 0.3) is 0 Å². The molecule has 4 heteroatoms. The Morgan fingerprint density at radius 2 is 2.50 bits per heavy atom. The van der Waals surface area contributed by atoms with E-state index in [1.807, 2.05) is 0 Å². The molecule has 0 aliphatic heterocycles. The zero-order valence-corrected chi connectivity index (χ0v) is 2.96. The number of hydrogen-bond acceptors (Lipinski definition) is 4. The molecule has 0 heterocycles. The first-order valence-corrected chi connectivity index (χ1v) is 1.28. The molecule has 0 bridgehead atoms. The third-order valence-electron chi connectivity index (χ3n) is 0.185. The number of aliphatic hydroxyl groups is 1. The molecule has 0 radical (unpaired) electrons. The maximum absolute atomic E-state index is 9.08. The zero-order chi connectivity index (χ0) is 4.99. The van der Waals surface area contributed by atoms with E-state index in [2.05, 4.69) is 10.7 Å². The van der Waals surface area contributed by atoms with Crippen LogP contribution in [0.5, 0.6) is 0 Å². The largest absolute Gasteiger partial charge is 0.359 e. The molecule has 0 aliphatic rings. The lowest BCUT2D eigenvalue weighted by Gasteiger charge is -1.83. The molecule has 4 nitrogen and oxygen atoms in total. The lowest BCUT2D eigenvalue weighted by Crippen LogP contribution is -2.14. The molecule has 0 aromatic heterocycles. The van der Waals surface area contributed by atoms with Crippen molar-refractivity contribution in [2.75, 3.05) is 0 Å². The van der Waals surface area contributed by atoms with E-state index in [4.69, 9.17) is 9.90 Å². The molecular weight excluding hydrogens is 84.0 g/mol. The average molecular weight is 88.1 g/mol. The predicted molar refractivity (Wildman–Crippen MR) is 18.3 cm³/mol. The van der Waals surface area contributed by atoms with E-state index < -0.39 is 6.35 Å². The molecule has 0 saturated heterocycles. The molecule has 0 amide bonds. The maximum atomic E-state index is 9.08. The highest BCUT2D eigenvalue weighted by Crippen LogP contribution is 1.61. The number of aliphatic imine (C=N–C) groups is 1. The van der Waals surface area contributed by atoms with Gasteiger partial charge in [-0.25, -0.2) is 4.79 Å². The van der Waals surface area contributed by atoms with Crippen LogP contribution in [-0.4, -0.2) is 17.5 Å². The lowest BCUT2D eigenvalue weighted by molar-refractivity contribution is 0.192. The fourth-order valence-corrected chi connectivity index (χ4v) is 0.0540. The Morgan fingerprint density at radius 1 is 2.00 bits per heavy atom. The Balaban J connectivity index is 3.29. The molecule has 1 atom stereocenters. The zero-order valence-electron chi connectivity index (χ0n) is 2.96. The van der Waals surface area contributed by atoms with Crippen molar-refractivity contribution in [1.82, 2.24) is 0 Å². The van der Waals surface area contributed by atoms with Crippen molar-refractivity contribution in [1.29, 1.82) is 0 Å². The smallest absolute Gasteiger partial charge is 0.238 e. The summed E-state index contributed by atoms with van der Waals surface area (Å²) >= 11 is 0. The molecule has 0 spiro atoms. The summed E-state index contributed by atoms with van der Waals surface area (Å²) in [7, 11) is 0. The van der Waals surface area contributed by atoms with Gasteiger partial charge >= 0.3 is 0 Å². The van der Waals surface area contributed by atoms with Gasteiger partial charge in [0.15, 0.2) is 0 Å². The van der Waals surface area contributed by atoms with Gasteiger partial charge in [0.2, 0.25) is 12.4 Å². The molecule has 3 N–H and O–H groups in total. The molecule has 0 aliphatic carbocycles. The fraction of sp³-hybridized carbons (Fsp3) is 0.500. The van der Waals surface area contributed by atoms with Crippen molar-refractivity contribution in [3.63, 3.8) is 0 Å². The number of carbonyl (C=O) groups excluding carboxylic acids is 1. The summed E-state index contributed by atoms with van der Waals surface area (Å²) in [5.41, 5.74) is 4.53. The summed E-state index contributed by atoms with van der Waals surface area (Å²) < 4.78 is 0. The number of nitrogens with zero attached hydrogens (tertiary/aromatic N) is 1. The number of hydrogen-bond donors (Lipinski definition) is 2. The van der Waals surface area contributed by atoms with Gasteiger partial charge in [-0.2, -0.15) is 4.99 Å². The fourth-order valence-electron chi connectivity index (χ4n) is 0.0540. The van der Waals surface area contributed by atoms with Gasteiger partial charge in [0.1, 0.15) is 0 Å². The van der Waals surface area contributed by atoms with Gasteiger partial charge < -0.3 is 5.11 Å². The van der Waals surface area contributed by atoms with Crippen LogP contribution in [-0.2, 0) is 4.79 Å². The minimum atomic E-state index is -1.40. The number of aliphatic hydroxyl groups excluding tert-OH is 1. The molecule has 0 fully saturated rings. The van der Waals surface area contributed by atoms with Gasteiger partial charge in [0, 0.05) is 0 Å². The van der Waals surface area contributed by atoms with Crippen LogP contribution in [0.15, 0.2) is 4.99 Å². The molecule has 34 valence electrons. The summed E-state index contributed by atoms with van der Waals surface area (Å²) in [6.45, 7) is 0. The van der Waals surface area contributed by atoms with Crippen molar-refractivity contribution >= 4 is 6.08 Å². The molecule has 0 saturated carbocycles. The molecular formula is C2H4N2O2. The maximum Gasteiger partial charge on any atom is 0.238 e. The highest BCUT2D eigenvalue weighted by molar-refractivity contribution is 5.32. The predicted octanol–water partition coefficient (Wildman–Crippen LogP) is -1.44. The third kappa shape index (κ3) is 3.30. The molecule has 0 aromatic rings. The molecule has 0 aromatic carbocycles. The minimum absolute atomic E-state index is 1.07. The van der Waals surface area contributed by atoms with E-state index in [0.717, 1.165) is 6.08 Å². The van der Waals surface area contributed by atoms with Crippen LogP contribution < -0.4 is 5.73 Å².